The Hall–Kier alpha value is -4.92. The Morgan fingerprint density at radius 2 is 1.63 bits per heavy atom. The number of nitrogens with zero attached hydrogens (tertiary/aromatic N) is 4. The van der Waals surface area contributed by atoms with Gasteiger partial charge in [-0.05, 0) is 48.0 Å². The second kappa shape index (κ2) is 9.14. The van der Waals surface area contributed by atoms with E-state index in [1.165, 1.54) is 4.68 Å². The lowest BCUT2D eigenvalue weighted by Gasteiger charge is -2.07. The van der Waals surface area contributed by atoms with Gasteiger partial charge < -0.3 is 20.5 Å². The van der Waals surface area contributed by atoms with Crippen molar-refractivity contribution in [2.24, 2.45) is 5.10 Å². The van der Waals surface area contributed by atoms with Crippen LogP contribution >= 0.6 is 0 Å². The van der Waals surface area contributed by atoms with Gasteiger partial charge >= 0.3 is 0 Å². The summed E-state index contributed by atoms with van der Waals surface area (Å²) in [5.41, 5.74) is 10.1. The molecule has 3 N–H and O–H groups in total. The second-order valence-electron chi connectivity index (χ2n) is 7.64. The summed E-state index contributed by atoms with van der Waals surface area (Å²) in [6, 6.07) is 21.9. The Morgan fingerprint density at radius 3 is 2.34 bits per heavy atom. The topological polar surface area (TPSA) is 117 Å². The lowest BCUT2D eigenvalue weighted by molar-refractivity contribution is 0.102. The number of methoxy groups -OCH3 is 2. The van der Waals surface area contributed by atoms with Crippen LogP contribution in [0.1, 0.15) is 15.9 Å². The van der Waals surface area contributed by atoms with E-state index in [0.717, 1.165) is 5.56 Å². The lowest BCUT2D eigenvalue weighted by Crippen LogP contribution is -2.14. The average Bonchev–Trinajstić information content (AvgIpc) is 3.16. The van der Waals surface area contributed by atoms with Crippen LogP contribution in [0.25, 0.3) is 22.2 Å². The first kappa shape index (κ1) is 21.9. The molecule has 0 unspecified atom stereocenters. The highest BCUT2D eigenvalue weighted by Gasteiger charge is 2.24. The van der Waals surface area contributed by atoms with E-state index in [-0.39, 0.29) is 11.4 Å². The van der Waals surface area contributed by atoms with Gasteiger partial charge in [0, 0.05) is 5.69 Å². The third-order valence-electron chi connectivity index (χ3n) is 5.46. The number of rotatable bonds is 6. The number of hydrogen-bond donors (Lipinski definition) is 2. The van der Waals surface area contributed by atoms with E-state index in [0.29, 0.717) is 39.4 Å². The minimum atomic E-state index is -0.400. The molecule has 0 bridgehead atoms. The number of para-hydroxylation sites is 3. The molecule has 5 rings (SSSR count). The maximum absolute atomic E-state index is 13.3. The molecule has 0 saturated heterocycles. The fourth-order valence-corrected chi connectivity index (χ4v) is 3.76. The van der Waals surface area contributed by atoms with Crippen molar-refractivity contribution in [1.29, 1.82) is 0 Å². The summed E-state index contributed by atoms with van der Waals surface area (Å²) >= 11 is 0. The van der Waals surface area contributed by atoms with Crippen molar-refractivity contribution >= 4 is 45.8 Å². The Kier molecular flexibility index (Phi) is 5.72. The molecule has 0 aliphatic rings. The monoisotopic (exact) mass is 466 g/mol. The molecule has 9 nitrogen and oxygen atoms in total. The summed E-state index contributed by atoms with van der Waals surface area (Å²) in [5, 5.41) is 7.41. The van der Waals surface area contributed by atoms with Crippen LogP contribution < -0.4 is 20.5 Å². The Bertz CT molecular complexity index is 1580. The molecule has 0 spiro atoms. The molecule has 2 aromatic heterocycles. The number of carbonyl (C=O) groups excluding carboxylic acids is 1. The normalized spacial score (nSPS) is 11.3. The quantitative estimate of drug-likeness (QED) is 0.360. The third-order valence-corrected chi connectivity index (χ3v) is 5.46. The van der Waals surface area contributed by atoms with Crippen LogP contribution in [0.4, 0.5) is 11.5 Å². The zero-order valence-corrected chi connectivity index (χ0v) is 19.1. The zero-order valence-electron chi connectivity index (χ0n) is 19.1. The fourth-order valence-electron chi connectivity index (χ4n) is 3.76. The van der Waals surface area contributed by atoms with Crippen molar-refractivity contribution in [2.75, 3.05) is 25.3 Å². The standard InChI is InChI=1S/C26H22N6O3/c1-34-20-13-12-16(14-21(20)35-2)15-28-32-24(27)22(26(33)29-17-8-4-3-5-9-17)23-25(32)31-19-11-7-6-10-18(19)30-23/h3-15H,27H2,1-2H3,(H,29,33). The maximum atomic E-state index is 13.3. The van der Waals surface area contributed by atoms with Crippen LogP contribution in [-0.2, 0) is 0 Å². The van der Waals surface area contributed by atoms with Crippen molar-refractivity contribution in [3.8, 4) is 11.5 Å². The smallest absolute Gasteiger partial charge is 0.261 e. The third kappa shape index (κ3) is 4.10. The molecule has 0 radical (unpaired) electrons. The van der Waals surface area contributed by atoms with Gasteiger partial charge in [0.05, 0.1) is 31.5 Å². The van der Waals surface area contributed by atoms with Gasteiger partial charge in [0.15, 0.2) is 17.1 Å². The first-order valence-corrected chi connectivity index (χ1v) is 10.8. The molecule has 0 aliphatic carbocycles. The number of hydrogen-bond acceptors (Lipinski definition) is 7. The molecule has 0 atom stereocenters. The highest BCUT2D eigenvalue weighted by molar-refractivity contribution is 6.16. The maximum Gasteiger partial charge on any atom is 0.261 e. The first-order chi connectivity index (χ1) is 17.1. The minimum Gasteiger partial charge on any atom is -0.493 e. The van der Waals surface area contributed by atoms with Crippen LogP contribution in [0.2, 0.25) is 0 Å². The number of nitrogens with one attached hydrogen (secondary N) is 1. The molecule has 0 aliphatic heterocycles. The van der Waals surface area contributed by atoms with Crippen LogP contribution in [0, 0.1) is 0 Å². The van der Waals surface area contributed by atoms with Crippen molar-refractivity contribution < 1.29 is 14.3 Å². The molecule has 2 heterocycles. The van der Waals surface area contributed by atoms with E-state index < -0.39 is 5.91 Å². The number of fused-ring (bicyclic) bond motifs is 2. The van der Waals surface area contributed by atoms with Crippen LogP contribution in [0.5, 0.6) is 11.5 Å². The number of aromatic nitrogens is 3. The van der Waals surface area contributed by atoms with Crippen molar-refractivity contribution in [2.45, 2.75) is 0 Å². The van der Waals surface area contributed by atoms with Gasteiger partial charge in [0.2, 0.25) is 0 Å². The Balaban J connectivity index is 1.64. The molecule has 0 saturated carbocycles. The van der Waals surface area contributed by atoms with E-state index in [1.54, 1.807) is 44.7 Å². The van der Waals surface area contributed by atoms with Crippen LogP contribution in [0.3, 0.4) is 0 Å². The van der Waals surface area contributed by atoms with E-state index in [2.05, 4.69) is 10.4 Å². The number of amides is 1. The summed E-state index contributed by atoms with van der Waals surface area (Å²) in [4.78, 5) is 22.7. The summed E-state index contributed by atoms with van der Waals surface area (Å²) in [6.45, 7) is 0. The van der Waals surface area contributed by atoms with Crippen molar-refractivity contribution in [3.63, 3.8) is 0 Å². The minimum absolute atomic E-state index is 0.125. The molecule has 0 fully saturated rings. The number of anilines is 2. The summed E-state index contributed by atoms with van der Waals surface area (Å²) in [5.74, 6) is 0.895. The van der Waals surface area contributed by atoms with Gasteiger partial charge in [-0.1, -0.05) is 30.3 Å². The molecule has 1 amide bonds. The van der Waals surface area contributed by atoms with Gasteiger partial charge in [-0.25, -0.2) is 9.97 Å². The highest BCUT2D eigenvalue weighted by atomic mass is 16.5. The molecular weight excluding hydrogens is 444 g/mol. The van der Waals surface area contributed by atoms with Crippen LogP contribution in [0.15, 0.2) is 77.9 Å². The van der Waals surface area contributed by atoms with Gasteiger partial charge in [-0.3, -0.25) is 4.79 Å². The Labute approximate surface area is 200 Å². The number of nitrogens with two attached hydrogens (primary N) is 1. The number of ether oxygens (including phenoxy) is 2. The van der Waals surface area contributed by atoms with Gasteiger partial charge in [-0.2, -0.15) is 9.78 Å². The van der Waals surface area contributed by atoms with Gasteiger partial charge in [-0.15, -0.1) is 0 Å². The fraction of sp³-hybridized carbons (Fsp3) is 0.0769. The molecule has 174 valence electrons. The number of carbonyl (C=O) groups is 1. The van der Waals surface area contributed by atoms with Crippen LogP contribution in [-0.4, -0.2) is 41.0 Å². The number of benzene rings is 3. The Morgan fingerprint density at radius 1 is 0.943 bits per heavy atom. The number of nitrogen functional groups attached to an aromatic ring is 1. The van der Waals surface area contributed by atoms with Gasteiger partial charge in [0.1, 0.15) is 16.9 Å². The molecule has 5 aromatic rings. The second-order valence-corrected chi connectivity index (χ2v) is 7.64. The molecule has 9 heteroatoms. The first-order valence-electron chi connectivity index (χ1n) is 10.8. The van der Waals surface area contributed by atoms with E-state index in [1.807, 2.05) is 48.5 Å². The average molecular weight is 467 g/mol. The lowest BCUT2D eigenvalue weighted by atomic mass is 10.2. The van der Waals surface area contributed by atoms with E-state index in [9.17, 15) is 4.79 Å². The van der Waals surface area contributed by atoms with E-state index >= 15 is 0 Å². The van der Waals surface area contributed by atoms with Gasteiger partial charge in [0.25, 0.3) is 5.91 Å². The SMILES string of the molecule is COc1ccc(C=Nn2c(N)c(C(=O)Nc3ccccc3)c3nc4ccccc4nc32)cc1OC. The van der Waals surface area contributed by atoms with Crippen molar-refractivity contribution in [3.05, 3.63) is 83.9 Å². The predicted molar refractivity (Wildman–Crippen MR) is 136 cm³/mol. The largest absolute Gasteiger partial charge is 0.493 e. The summed E-state index contributed by atoms with van der Waals surface area (Å²) in [7, 11) is 3.14. The zero-order chi connectivity index (χ0) is 24.4. The van der Waals surface area contributed by atoms with E-state index in [4.69, 9.17) is 25.2 Å². The molecule has 35 heavy (non-hydrogen) atoms. The summed E-state index contributed by atoms with van der Waals surface area (Å²) < 4.78 is 12.1. The summed E-state index contributed by atoms with van der Waals surface area (Å²) in [6.07, 6.45) is 1.60. The molecular formula is C26H22N6O3. The predicted octanol–water partition coefficient (Wildman–Crippen LogP) is 4.32. The van der Waals surface area contributed by atoms with Crippen molar-refractivity contribution in [1.82, 2.24) is 14.6 Å². The molecule has 3 aromatic carbocycles. The highest BCUT2D eigenvalue weighted by Crippen LogP contribution is 2.30.